The maximum atomic E-state index is 11.8. The van der Waals surface area contributed by atoms with Crippen LogP contribution in [0.3, 0.4) is 0 Å². The summed E-state index contributed by atoms with van der Waals surface area (Å²) in [6, 6.07) is 0. The predicted octanol–water partition coefficient (Wildman–Crippen LogP) is 5.42. The number of carbonyl (C=O) groups excluding carboxylic acids is 1. The van der Waals surface area contributed by atoms with Gasteiger partial charge >= 0.3 is 144 Å². The predicted molar refractivity (Wildman–Crippen MR) is 97.1 cm³/mol. The molecule has 1 aliphatic heterocycles. The summed E-state index contributed by atoms with van der Waals surface area (Å²) in [5, 5.41) is 10.8. The Hall–Kier alpha value is 0.180. The van der Waals surface area contributed by atoms with E-state index in [2.05, 4.69) is 20.8 Å². The minimum atomic E-state index is -2.97. The number of halogens is 2. The van der Waals surface area contributed by atoms with Crippen molar-refractivity contribution in [3.8, 4) is 0 Å². The van der Waals surface area contributed by atoms with Crippen molar-refractivity contribution in [3.05, 3.63) is 10.3 Å². The zero-order valence-corrected chi connectivity index (χ0v) is 16.3. The van der Waals surface area contributed by atoms with E-state index in [0.717, 1.165) is 57.0 Å². The van der Waals surface area contributed by atoms with Crippen LogP contribution in [-0.4, -0.2) is 35.9 Å². The van der Waals surface area contributed by atoms with E-state index in [1.54, 1.807) is 0 Å². The summed E-state index contributed by atoms with van der Waals surface area (Å²) >= 11 is 13.6. The topological polar surface area (TPSA) is 46.5 Å². The van der Waals surface area contributed by atoms with Gasteiger partial charge in [-0.05, 0) is 0 Å². The Kier molecular flexibility index (Phi) is 7.66. The van der Waals surface area contributed by atoms with Crippen LogP contribution < -0.4 is 0 Å². The van der Waals surface area contributed by atoms with Gasteiger partial charge in [0.15, 0.2) is 0 Å². The summed E-state index contributed by atoms with van der Waals surface area (Å²) in [6.45, 7) is 6.38. The number of hydrogen-bond acceptors (Lipinski definition) is 3. The fourth-order valence-corrected chi connectivity index (χ4v) is 11.4. The number of ether oxygens (including phenoxy) is 1. The average molecular weight is 371 g/mol. The molecular weight excluding hydrogens is 342 g/mol. The SMILES string of the molecule is CCCCP(Cl)(CCCC)(CCCC)C1=C(Cl)C(=O)OC1O. The summed E-state index contributed by atoms with van der Waals surface area (Å²) in [6.07, 6.45) is 7.21. The van der Waals surface area contributed by atoms with Crippen LogP contribution in [-0.2, 0) is 9.53 Å². The molecule has 0 aliphatic carbocycles. The van der Waals surface area contributed by atoms with Gasteiger partial charge < -0.3 is 0 Å². The zero-order chi connectivity index (χ0) is 16.8. The summed E-state index contributed by atoms with van der Waals surface area (Å²) < 4.78 is 4.96. The molecule has 0 aromatic carbocycles. The molecule has 1 aliphatic rings. The summed E-state index contributed by atoms with van der Waals surface area (Å²) in [5.74, 6) is -3.60. The summed E-state index contributed by atoms with van der Waals surface area (Å²) in [7, 11) is 0. The number of aliphatic hydroxyl groups is 1. The molecule has 0 fully saturated rings. The van der Waals surface area contributed by atoms with E-state index in [1.165, 1.54) is 0 Å². The van der Waals surface area contributed by atoms with Gasteiger partial charge in [0.2, 0.25) is 0 Å². The van der Waals surface area contributed by atoms with Gasteiger partial charge in [-0.25, -0.2) is 0 Å². The molecular formula is C16H29Cl2O3P. The third kappa shape index (κ3) is 4.17. The van der Waals surface area contributed by atoms with E-state index in [1.807, 2.05) is 0 Å². The molecule has 3 nitrogen and oxygen atoms in total. The van der Waals surface area contributed by atoms with E-state index in [9.17, 15) is 9.90 Å². The molecule has 1 atom stereocenters. The first-order valence-electron chi connectivity index (χ1n) is 8.34. The van der Waals surface area contributed by atoms with Crippen LogP contribution in [0.5, 0.6) is 0 Å². The van der Waals surface area contributed by atoms with Gasteiger partial charge in [0.05, 0.1) is 0 Å². The van der Waals surface area contributed by atoms with Crippen molar-refractivity contribution < 1.29 is 14.6 Å². The maximum absolute atomic E-state index is 11.8. The van der Waals surface area contributed by atoms with E-state index in [4.69, 9.17) is 27.6 Å². The number of cyclic esters (lactones) is 1. The Morgan fingerprint density at radius 1 is 1.05 bits per heavy atom. The first-order valence-corrected chi connectivity index (χ1v) is 12.4. The van der Waals surface area contributed by atoms with Gasteiger partial charge in [-0.3, -0.25) is 0 Å². The monoisotopic (exact) mass is 370 g/mol. The van der Waals surface area contributed by atoms with Crippen molar-refractivity contribution >= 4 is 34.8 Å². The molecule has 0 radical (unpaired) electrons. The second kappa shape index (κ2) is 8.33. The first-order chi connectivity index (χ1) is 10.3. The molecule has 0 aromatic rings. The second-order valence-corrected chi connectivity index (χ2v) is 14.3. The molecule has 0 bridgehead atoms. The van der Waals surface area contributed by atoms with Gasteiger partial charge in [-0.15, -0.1) is 0 Å². The minimum absolute atomic E-state index is 0.0310. The van der Waals surface area contributed by atoms with Crippen LogP contribution in [0.25, 0.3) is 0 Å². The van der Waals surface area contributed by atoms with Crippen LogP contribution in [0.15, 0.2) is 10.3 Å². The third-order valence-corrected chi connectivity index (χ3v) is 12.8. The molecule has 0 aromatic heterocycles. The molecule has 1 rings (SSSR count). The van der Waals surface area contributed by atoms with E-state index in [0.29, 0.717) is 5.31 Å². The van der Waals surface area contributed by atoms with Crippen LogP contribution in [0.1, 0.15) is 59.3 Å². The molecule has 0 spiro atoms. The standard InChI is InChI=1S/C16H29Cl2O3P/c1-4-7-10-22(18,11-8-5-2,12-9-6-3)14-13(17)15(19)21-16(14)20/h16,20H,4-12H2,1-3H3. The Morgan fingerprint density at radius 2 is 1.45 bits per heavy atom. The normalized spacial score (nSPS) is 20.9. The number of rotatable bonds is 10. The van der Waals surface area contributed by atoms with Crippen molar-refractivity contribution in [1.29, 1.82) is 0 Å². The number of unbranched alkanes of at least 4 members (excludes halogenated alkanes) is 3. The van der Waals surface area contributed by atoms with Crippen LogP contribution >= 0.6 is 28.8 Å². The quantitative estimate of drug-likeness (QED) is 0.412. The molecule has 0 saturated carbocycles. The average Bonchev–Trinajstić information content (AvgIpc) is 2.75. The van der Waals surface area contributed by atoms with Gasteiger partial charge in [-0.1, -0.05) is 0 Å². The van der Waals surface area contributed by atoms with Crippen LogP contribution in [0, 0.1) is 0 Å². The summed E-state index contributed by atoms with van der Waals surface area (Å²) in [4.78, 5) is 11.8. The number of esters is 1. The molecule has 0 amide bonds. The van der Waals surface area contributed by atoms with Gasteiger partial charge in [0, 0.05) is 0 Å². The van der Waals surface area contributed by atoms with Crippen LogP contribution in [0.2, 0.25) is 0 Å². The Bertz CT molecular complexity index is 413. The fraction of sp³-hybridized carbons (Fsp3) is 0.812. The molecule has 1 N–H and O–H groups in total. The van der Waals surface area contributed by atoms with E-state index < -0.39 is 18.2 Å². The van der Waals surface area contributed by atoms with Gasteiger partial charge in [0.25, 0.3) is 0 Å². The first kappa shape index (κ1) is 20.2. The van der Waals surface area contributed by atoms with E-state index >= 15 is 0 Å². The van der Waals surface area contributed by atoms with E-state index in [-0.39, 0.29) is 5.03 Å². The zero-order valence-electron chi connectivity index (χ0n) is 13.9. The number of hydrogen-bond donors (Lipinski definition) is 1. The van der Waals surface area contributed by atoms with Crippen molar-refractivity contribution in [1.82, 2.24) is 0 Å². The van der Waals surface area contributed by atoms with Crippen LogP contribution in [0.4, 0.5) is 0 Å². The van der Waals surface area contributed by atoms with Gasteiger partial charge in [-0.2, -0.15) is 0 Å². The number of aliphatic hydroxyl groups excluding tert-OH is 1. The van der Waals surface area contributed by atoms with Crippen molar-refractivity contribution in [3.63, 3.8) is 0 Å². The van der Waals surface area contributed by atoms with Crippen molar-refractivity contribution in [2.75, 3.05) is 18.5 Å². The molecule has 130 valence electrons. The number of carbonyl (C=O) groups is 1. The summed E-state index contributed by atoms with van der Waals surface area (Å²) in [5.41, 5.74) is 0. The molecule has 1 heterocycles. The molecule has 22 heavy (non-hydrogen) atoms. The Labute approximate surface area is 144 Å². The fourth-order valence-electron chi connectivity index (χ4n) is 3.20. The second-order valence-electron chi connectivity index (χ2n) is 6.28. The van der Waals surface area contributed by atoms with Crippen molar-refractivity contribution in [2.45, 2.75) is 65.6 Å². The van der Waals surface area contributed by atoms with Crippen molar-refractivity contribution in [2.24, 2.45) is 0 Å². The molecule has 6 heteroatoms. The molecule has 0 saturated heterocycles. The van der Waals surface area contributed by atoms with Gasteiger partial charge in [0.1, 0.15) is 0 Å². The Morgan fingerprint density at radius 3 is 1.73 bits per heavy atom. The Balaban J connectivity index is 3.36. The third-order valence-electron chi connectivity index (χ3n) is 4.53. The molecule has 1 unspecified atom stereocenters.